The molecule has 0 fully saturated rings. The summed E-state index contributed by atoms with van der Waals surface area (Å²) in [5.41, 5.74) is 0. The fourth-order valence-corrected chi connectivity index (χ4v) is 2.63. The van der Waals surface area contributed by atoms with E-state index in [2.05, 4.69) is 23.8 Å². The quantitative estimate of drug-likeness (QED) is 0.313. The summed E-state index contributed by atoms with van der Waals surface area (Å²) in [6.45, 7) is 3.41. The van der Waals surface area contributed by atoms with Crippen LogP contribution in [0.3, 0.4) is 0 Å². The summed E-state index contributed by atoms with van der Waals surface area (Å²) < 4.78 is 4.76. The van der Waals surface area contributed by atoms with Crippen LogP contribution in [0.1, 0.15) is 5.82 Å². The Morgan fingerprint density at radius 2 is 2.45 bits per heavy atom. The van der Waals surface area contributed by atoms with Crippen molar-refractivity contribution in [3.8, 4) is 0 Å². The van der Waals surface area contributed by atoms with E-state index in [-0.39, 0.29) is 21.5 Å². The monoisotopic (exact) mass is 264 g/mol. The van der Waals surface area contributed by atoms with Gasteiger partial charge in [0.15, 0.2) is 0 Å². The Balaban J connectivity index is 2.18. The molecule has 0 atom stereocenters. The van der Waals surface area contributed by atoms with Crippen LogP contribution in [0.15, 0.2) is 12.4 Å². The summed E-state index contributed by atoms with van der Waals surface area (Å²) in [6.07, 6.45) is 3.97. The minimum atomic E-state index is 0.259. The number of imidazole rings is 1. The van der Waals surface area contributed by atoms with Gasteiger partial charge in [-0.2, -0.15) is 0 Å². The zero-order valence-electron chi connectivity index (χ0n) is 6.50. The predicted molar refractivity (Wildman–Crippen MR) is 38.6 cm³/mol. The number of hydrogen-bond acceptors (Lipinski definition) is 2. The zero-order valence-corrected chi connectivity index (χ0v) is 8.65. The van der Waals surface area contributed by atoms with Crippen LogP contribution in [0, 0.1) is 0 Å². The van der Waals surface area contributed by atoms with Crippen molar-refractivity contribution in [3.05, 3.63) is 18.2 Å². The maximum absolute atomic E-state index is 4.29. The van der Waals surface area contributed by atoms with Gasteiger partial charge in [0, 0.05) is 0 Å². The first-order valence-corrected chi connectivity index (χ1v) is 6.77. The van der Waals surface area contributed by atoms with Crippen LogP contribution in [-0.4, -0.2) is 24.1 Å². The Morgan fingerprint density at radius 1 is 1.55 bits per heavy atom. The SMILES string of the molecule is C[I-]N1CCn2ccnc2C1. The summed E-state index contributed by atoms with van der Waals surface area (Å²) in [6, 6.07) is 0. The summed E-state index contributed by atoms with van der Waals surface area (Å²) in [7, 11) is 0. The molecule has 0 N–H and O–H groups in total. The predicted octanol–water partition coefficient (Wildman–Crippen LogP) is -2.67. The van der Waals surface area contributed by atoms with Gasteiger partial charge in [0.25, 0.3) is 0 Å². The Labute approximate surface area is 77.0 Å². The van der Waals surface area contributed by atoms with Crippen molar-refractivity contribution in [1.82, 2.24) is 12.7 Å². The average molecular weight is 264 g/mol. The molecule has 4 heteroatoms. The summed E-state index contributed by atoms with van der Waals surface area (Å²) in [4.78, 5) is 6.60. The van der Waals surface area contributed by atoms with Crippen LogP contribution >= 0.6 is 0 Å². The molecule has 0 saturated heterocycles. The van der Waals surface area contributed by atoms with E-state index in [0.29, 0.717) is 0 Å². The third-order valence-corrected chi connectivity index (χ3v) is 4.13. The van der Waals surface area contributed by atoms with Gasteiger partial charge in [0.05, 0.1) is 0 Å². The van der Waals surface area contributed by atoms with Gasteiger partial charge >= 0.3 is 76.9 Å². The molecule has 0 spiro atoms. The van der Waals surface area contributed by atoms with Crippen LogP contribution in [-0.2, 0) is 13.1 Å². The standard InChI is InChI=1S/C7H11IN3/c1-8-11-5-4-10-3-2-9-7(10)6-11/h2-3H,4-6H2,1H3/q-1. The summed E-state index contributed by atoms with van der Waals surface area (Å²) >= 11 is 0.259. The molecule has 2 heterocycles. The van der Waals surface area contributed by atoms with Gasteiger partial charge in [-0.3, -0.25) is 0 Å². The number of rotatable bonds is 1. The summed E-state index contributed by atoms with van der Waals surface area (Å²) in [5, 5.41) is 0. The molecule has 3 nitrogen and oxygen atoms in total. The Hall–Kier alpha value is -0.100. The second-order valence-electron chi connectivity index (χ2n) is 2.55. The molecule has 1 aromatic rings. The molecule has 0 aromatic carbocycles. The fourth-order valence-electron chi connectivity index (χ4n) is 1.29. The second kappa shape index (κ2) is 3.10. The van der Waals surface area contributed by atoms with Gasteiger partial charge in [-0.15, -0.1) is 0 Å². The van der Waals surface area contributed by atoms with E-state index < -0.39 is 0 Å². The number of nitrogens with zero attached hydrogens (tertiary/aromatic N) is 3. The van der Waals surface area contributed by atoms with Gasteiger partial charge in [-0.25, -0.2) is 0 Å². The third-order valence-electron chi connectivity index (χ3n) is 1.94. The number of aromatic nitrogens is 2. The van der Waals surface area contributed by atoms with E-state index in [4.69, 9.17) is 0 Å². The molecule has 2 rings (SSSR count). The van der Waals surface area contributed by atoms with E-state index in [1.54, 1.807) is 0 Å². The van der Waals surface area contributed by atoms with Gasteiger partial charge in [0.1, 0.15) is 0 Å². The van der Waals surface area contributed by atoms with Crippen molar-refractivity contribution in [2.24, 2.45) is 0 Å². The molecule has 11 heavy (non-hydrogen) atoms. The van der Waals surface area contributed by atoms with Gasteiger partial charge in [0.2, 0.25) is 0 Å². The van der Waals surface area contributed by atoms with Gasteiger partial charge < -0.3 is 0 Å². The van der Waals surface area contributed by atoms with Crippen LogP contribution in [0.2, 0.25) is 0 Å². The molecule has 0 amide bonds. The maximum atomic E-state index is 4.29. The van der Waals surface area contributed by atoms with E-state index >= 15 is 0 Å². The fraction of sp³-hybridized carbons (Fsp3) is 0.571. The van der Waals surface area contributed by atoms with Gasteiger partial charge in [-0.1, -0.05) is 0 Å². The van der Waals surface area contributed by atoms with Crippen molar-refractivity contribution in [2.75, 3.05) is 11.5 Å². The molecule has 0 saturated carbocycles. The van der Waals surface area contributed by atoms with Crippen molar-refractivity contribution in [2.45, 2.75) is 13.1 Å². The Morgan fingerprint density at radius 3 is 3.27 bits per heavy atom. The molecule has 1 aromatic heterocycles. The number of halogens is 1. The topological polar surface area (TPSA) is 21.1 Å². The zero-order chi connectivity index (χ0) is 7.68. The van der Waals surface area contributed by atoms with Crippen LogP contribution in [0.25, 0.3) is 0 Å². The first-order valence-electron chi connectivity index (χ1n) is 3.65. The Bertz CT molecular complexity index is 246. The minimum absolute atomic E-state index is 0.259. The van der Waals surface area contributed by atoms with Crippen molar-refractivity contribution in [3.63, 3.8) is 0 Å². The number of fused-ring (bicyclic) bond motifs is 1. The average Bonchev–Trinajstić information content (AvgIpc) is 2.50. The molecular weight excluding hydrogens is 253 g/mol. The Kier molecular flexibility index (Phi) is 2.13. The van der Waals surface area contributed by atoms with E-state index in [9.17, 15) is 0 Å². The molecule has 0 unspecified atom stereocenters. The molecule has 0 aliphatic carbocycles. The first kappa shape index (κ1) is 7.54. The van der Waals surface area contributed by atoms with Crippen LogP contribution in [0.5, 0.6) is 0 Å². The second-order valence-corrected chi connectivity index (χ2v) is 4.88. The molecule has 1 aliphatic rings. The molecule has 0 bridgehead atoms. The van der Waals surface area contributed by atoms with E-state index in [0.717, 1.165) is 13.1 Å². The molecule has 1 aliphatic heterocycles. The number of hydrogen-bond donors (Lipinski definition) is 0. The molecular formula is C7H11IN3-. The molecule has 62 valence electrons. The summed E-state index contributed by atoms with van der Waals surface area (Å²) in [5.74, 6) is 1.23. The number of alkyl halides is 1. The molecule has 0 radical (unpaired) electrons. The first-order chi connectivity index (χ1) is 5.40. The van der Waals surface area contributed by atoms with E-state index in [1.165, 1.54) is 12.4 Å². The van der Waals surface area contributed by atoms with Crippen molar-refractivity contribution in [1.29, 1.82) is 0 Å². The third kappa shape index (κ3) is 1.41. The van der Waals surface area contributed by atoms with Crippen molar-refractivity contribution < 1.29 is 21.5 Å². The normalized spacial score (nSPS) is 18.6. The van der Waals surface area contributed by atoms with Crippen molar-refractivity contribution >= 4 is 0 Å². The van der Waals surface area contributed by atoms with Crippen LogP contribution in [0.4, 0.5) is 0 Å². The van der Waals surface area contributed by atoms with E-state index in [1.807, 2.05) is 6.20 Å². The van der Waals surface area contributed by atoms with Crippen LogP contribution < -0.4 is 21.5 Å². The van der Waals surface area contributed by atoms with Gasteiger partial charge in [-0.05, 0) is 0 Å².